The molecule has 0 unspecified atom stereocenters. The summed E-state index contributed by atoms with van der Waals surface area (Å²) in [6.45, 7) is 0.0306. The number of aromatic nitrogens is 4. The summed E-state index contributed by atoms with van der Waals surface area (Å²) in [6.07, 6.45) is 1.44. The van der Waals surface area contributed by atoms with Gasteiger partial charge in [-0.3, -0.25) is 0 Å². The number of hydrogen-bond acceptors (Lipinski definition) is 9. The Morgan fingerprint density at radius 1 is 1.00 bits per heavy atom. The molecule has 0 spiro atoms. The Hall–Kier alpha value is -3.46. The quantitative estimate of drug-likeness (QED) is 0.551. The average molecular weight is 403 g/mol. The second-order valence-corrected chi connectivity index (χ2v) is 5.69. The predicted molar refractivity (Wildman–Crippen MR) is 97.8 cm³/mol. The van der Waals surface area contributed by atoms with E-state index in [2.05, 4.69) is 19.9 Å². The van der Waals surface area contributed by atoms with Crippen molar-refractivity contribution in [3.8, 4) is 23.8 Å². The summed E-state index contributed by atoms with van der Waals surface area (Å²) < 4.78 is 20.8. The number of halogens is 1. The molecule has 10 heteroatoms. The lowest BCUT2D eigenvalue weighted by Gasteiger charge is -2.10. The van der Waals surface area contributed by atoms with Crippen molar-refractivity contribution in [2.45, 2.75) is 6.61 Å². The van der Waals surface area contributed by atoms with E-state index in [4.69, 9.17) is 30.5 Å². The van der Waals surface area contributed by atoms with Gasteiger partial charge in [-0.05, 0) is 29.8 Å². The topological polar surface area (TPSA) is 106 Å². The first-order chi connectivity index (χ1) is 13.6. The predicted octanol–water partition coefficient (Wildman–Crippen LogP) is 3.09. The molecule has 0 amide bonds. The molecule has 1 aromatic carbocycles. The summed E-state index contributed by atoms with van der Waals surface area (Å²) in [7, 11) is 2.78. The fourth-order valence-corrected chi connectivity index (χ4v) is 2.33. The molecule has 9 nitrogen and oxygen atoms in total. The number of ether oxygens (including phenoxy) is 4. The highest BCUT2D eigenvalue weighted by Crippen LogP contribution is 2.24. The van der Waals surface area contributed by atoms with Crippen molar-refractivity contribution in [3.05, 3.63) is 58.9 Å². The highest BCUT2D eigenvalue weighted by atomic mass is 35.5. The third-order valence-electron chi connectivity index (χ3n) is 3.36. The zero-order chi connectivity index (χ0) is 19.9. The fourth-order valence-electron chi connectivity index (χ4n) is 2.12. The summed E-state index contributed by atoms with van der Waals surface area (Å²) in [6, 6.07) is 9.99. The van der Waals surface area contributed by atoms with Crippen LogP contribution in [0, 0.1) is 0 Å². The molecule has 0 saturated carbocycles. The number of rotatable bonds is 7. The number of pyridine rings is 1. The van der Waals surface area contributed by atoms with Crippen molar-refractivity contribution in [2.75, 3.05) is 14.2 Å². The number of carbonyl (C=O) groups is 1. The van der Waals surface area contributed by atoms with E-state index in [0.29, 0.717) is 5.02 Å². The summed E-state index contributed by atoms with van der Waals surface area (Å²) in [5.41, 5.74) is 0.703. The third-order valence-corrected chi connectivity index (χ3v) is 3.60. The Bertz CT molecular complexity index is 963. The van der Waals surface area contributed by atoms with Crippen molar-refractivity contribution in [1.29, 1.82) is 0 Å². The molecule has 2 heterocycles. The van der Waals surface area contributed by atoms with E-state index in [1.165, 1.54) is 26.5 Å². The molecule has 144 valence electrons. The van der Waals surface area contributed by atoms with Gasteiger partial charge in [-0.1, -0.05) is 23.7 Å². The minimum atomic E-state index is -0.677. The van der Waals surface area contributed by atoms with Crippen LogP contribution in [-0.2, 0) is 11.3 Å². The van der Waals surface area contributed by atoms with Gasteiger partial charge in [0.05, 0.1) is 14.2 Å². The van der Waals surface area contributed by atoms with Crippen LogP contribution in [-0.4, -0.2) is 40.1 Å². The number of nitrogens with zero attached hydrogens (tertiary/aromatic N) is 4. The van der Waals surface area contributed by atoms with Crippen LogP contribution in [0.3, 0.4) is 0 Å². The highest BCUT2D eigenvalue weighted by Gasteiger charge is 2.18. The maximum Gasteiger partial charge on any atom is 0.361 e. The minimum Gasteiger partial charge on any atom is -0.467 e. The van der Waals surface area contributed by atoms with Gasteiger partial charge in [-0.25, -0.2) is 9.78 Å². The van der Waals surface area contributed by atoms with E-state index in [0.717, 1.165) is 5.56 Å². The Kier molecular flexibility index (Phi) is 6.18. The van der Waals surface area contributed by atoms with Crippen LogP contribution in [0.25, 0.3) is 0 Å². The standard InChI is InChI=1S/C18H15ClN4O5/c1-25-16-21-17(26-2)23-18(22-16)28-13-7-4-8-20-14(13)15(24)27-10-11-5-3-6-12(19)9-11/h3-9H,10H2,1-2H3. The van der Waals surface area contributed by atoms with Crippen LogP contribution in [0.4, 0.5) is 0 Å². The second kappa shape index (κ2) is 8.96. The molecule has 0 saturated heterocycles. The zero-order valence-corrected chi connectivity index (χ0v) is 15.7. The lowest BCUT2D eigenvalue weighted by Crippen LogP contribution is -2.10. The molecule has 3 aromatic rings. The molecule has 3 rings (SSSR count). The van der Waals surface area contributed by atoms with Crippen molar-refractivity contribution in [2.24, 2.45) is 0 Å². The van der Waals surface area contributed by atoms with Gasteiger partial charge in [0, 0.05) is 11.2 Å². The molecule has 0 fully saturated rings. The second-order valence-electron chi connectivity index (χ2n) is 5.25. The Labute approximate surface area is 165 Å². The normalized spacial score (nSPS) is 10.2. The molecule has 0 aliphatic heterocycles. The van der Waals surface area contributed by atoms with Gasteiger partial charge in [-0.15, -0.1) is 15.0 Å². The van der Waals surface area contributed by atoms with Crippen molar-refractivity contribution < 1.29 is 23.7 Å². The van der Waals surface area contributed by atoms with Gasteiger partial charge in [0.25, 0.3) is 0 Å². The first-order valence-electron chi connectivity index (χ1n) is 7.97. The number of esters is 1. The molecule has 0 aliphatic rings. The number of carbonyl (C=O) groups excluding carboxylic acids is 1. The number of hydrogen-bond donors (Lipinski definition) is 0. The molecule has 28 heavy (non-hydrogen) atoms. The van der Waals surface area contributed by atoms with Crippen LogP contribution in [0.1, 0.15) is 16.1 Å². The summed E-state index contributed by atoms with van der Waals surface area (Å²) >= 11 is 5.93. The molecular weight excluding hydrogens is 388 g/mol. The van der Waals surface area contributed by atoms with Crippen LogP contribution < -0.4 is 14.2 Å². The van der Waals surface area contributed by atoms with Gasteiger partial charge < -0.3 is 18.9 Å². The fraction of sp³-hybridized carbons (Fsp3) is 0.167. The largest absolute Gasteiger partial charge is 0.467 e. The average Bonchev–Trinajstić information content (AvgIpc) is 2.72. The monoisotopic (exact) mass is 402 g/mol. The van der Waals surface area contributed by atoms with Crippen LogP contribution >= 0.6 is 11.6 Å². The molecule has 2 aromatic heterocycles. The van der Waals surface area contributed by atoms with Gasteiger partial charge in [0.2, 0.25) is 0 Å². The molecule has 0 atom stereocenters. The lowest BCUT2D eigenvalue weighted by atomic mass is 10.2. The van der Waals surface area contributed by atoms with Gasteiger partial charge >= 0.3 is 24.0 Å². The van der Waals surface area contributed by atoms with Crippen LogP contribution in [0.5, 0.6) is 23.8 Å². The number of benzene rings is 1. The minimum absolute atomic E-state index is 0.00387. The van der Waals surface area contributed by atoms with Crippen LogP contribution in [0.2, 0.25) is 5.02 Å². The zero-order valence-electron chi connectivity index (χ0n) is 15.0. The van der Waals surface area contributed by atoms with Crippen LogP contribution in [0.15, 0.2) is 42.6 Å². The maximum absolute atomic E-state index is 12.5. The first kappa shape index (κ1) is 19.3. The Balaban J connectivity index is 1.78. The van der Waals surface area contributed by atoms with Crippen molar-refractivity contribution in [1.82, 2.24) is 19.9 Å². The van der Waals surface area contributed by atoms with Gasteiger partial charge in [-0.2, -0.15) is 0 Å². The molecule has 0 bridgehead atoms. The van der Waals surface area contributed by atoms with Gasteiger partial charge in [0.1, 0.15) is 6.61 Å². The summed E-state index contributed by atoms with van der Waals surface area (Å²) in [5.74, 6) is -0.572. The van der Waals surface area contributed by atoms with Crippen molar-refractivity contribution >= 4 is 17.6 Å². The maximum atomic E-state index is 12.5. The SMILES string of the molecule is COc1nc(OC)nc(Oc2cccnc2C(=O)OCc2cccc(Cl)c2)n1. The van der Waals surface area contributed by atoms with E-state index in [1.807, 2.05) is 0 Å². The lowest BCUT2D eigenvalue weighted by molar-refractivity contribution is 0.0462. The third kappa shape index (κ3) is 4.83. The Morgan fingerprint density at radius 3 is 2.39 bits per heavy atom. The molecular formula is C18H15ClN4O5. The van der Waals surface area contributed by atoms with Gasteiger partial charge in [0.15, 0.2) is 11.4 Å². The first-order valence-corrected chi connectivity index (χ1v) is 8.35. The van der Waals surface area contributed by atoms with E-state index < -0.39 is 5.97 Å². The highest BCUT2D eigenvalue weighted by molar-refractivity contribution is 6.30. The molecule has 0 radical (unpaired) electrons. The van der Waals surface area contributed by atoms with E-state index >= 15 is 0 Å². The Morgan fingerprint density at radius 2 is 1.71 bits per heavy atom. The molecule has 0 aliphatic carbocycles. The van der Waals surface area contributed by atoms with E-state index in [1.54, 1.807) is 30.3 Å². The van der Waals surface area contributed by atoms with Crippen molar-refractivity contribution in [3.63, 3.8) is 0 Å². The molecule has 0 N–H and O–H groups in total. The smallest absolute Gasteiger partial charge is 0.361 e. The summed E-state index contributed by atoms with van der Waals surface area (Å²) in [5, 5.41) is 0.549. The number of methoxy groups -OCH3 is 2. The van der Waals surface area contributed by atoms with E-state index in [9.17, 15) is 4.79 Å². The summed E-state index contributed by atoms with van der Waals surface area (Å²) in [4.78, 5) is 28.3. The van der Waals surface area contributed by atoms with E-state index in [-0.39, 0.29) is 36.1 Å².